The Balaban J connectivity index is 1.83. The largest absolute Gasteiger partial charge is 0.490 e. The van der Waals surface area contributed by atoms with E-state index in [0.29, 0.717) is 55.3 Å². The molecule has 1 N–H and O–H groups in total. The molecule has 0 spiro atoms. The van der Waals surface area contributed by atoms with Crippen molar-refractivity contribution >= 4 is 23.6 Å². The first kappa shape index (κ1) is 29.8. The van der Waals surface area contributed by atoms with Gasteiger partial charge in [0, 0.05) is 26.6 Å². The van der Waals surface area contributed by atoms with Gasteiger partial charge in [0.2, 0.25) is 5.91 Å². The van der Waals surface area contributed by atoms with Crippen molar-refractivity contribution in [3.63, 3.8) is 0 Å². The lowest BCUT2D eigenvalue weighted by atomic mass is 9.97. The first-order valence-electron chi connectivity index (χ1n) is 13.4. The van der Waals surface area contributed by atoms with Crippen LogP contribution < -0.4 is 19.7 Å². The molecule has 9 heteroatoms. The normalized spacial score (nSPS) is 13.4. The third kappa shape index (κ3) is 7.65. The van der Waals surface area contributed by atoms with Gasteiger partial charge in [0.05, 0.1) is 24.4 Å². The molecule has 1 heterocycles. The summed E-state index contributed by atoms with van der Waals surface area (Å²) in [5.74, 6) is 0.914. The molecule has 0 radical (unpaired) electrons. The number of rotatable bonds is 10. The zero-order chi connectivity index (χ0) is 28.7. The molecule has 1 aliphatic rings. The summed E-state index contributed by atoms with van der Waals surface area (Å²) >= 11 is 0. The monoisotopic (exact) mass is 539 g/mol. The van der Waals surface area contributed by atoms with Crippen LogP contribution in [-0.4, -0.2) is 67.8 Å². The third-order valence-corrected chi connectivity index (χ3v) is 6.41. The highest BCUT2D eigenvalue weighted by molar-refractivity contribution is 6.06. The van der Waals surface area contributed by atoms with E-state index in [1.807, 2.05) is 71.0 Å². The van der Waals surface area contributed by atoms with Gasteiger partial charge in [0.15, 0.2) is 11.5 Å². The molecule has 1 aliphatic heterocycles. The summed E-state index contributed by atoms with van der Waals surface area (Å²) in [7, 11) is 1.57. The summed E-state index contributed by atoms with van der Waals surface area (Å²) in [5, 5.41) is 2.69. The van der Waals surface area contributed by atoms with Crippen molar-refractivity contribution in [2.24, 2.45) is 0 Å². The molecule has 0 aromatic heterocycles. The predicted octanol–water partition coefficient (Wildman–Crippen LogP) is 4.60. The van der Waals surface area contributed by atoms with Crippen LogP contribution in [0.5, 0.6) is 11.5 Å². The van der Waals surface area contributed by atoms with E-state index in [1.165, 1.54) is 6.92 Å². The van der Waals surface area contributed by atoms with Gasteiger partial charge < -0.3 is 29.3 Å². The summed E-state index contributed by atoms with van der Waals surface area (Å²) in [6.07, 6.45) is 0.725. The molecule has 1 unspecified atom stereocenters. The van der Waals surface area contributed by atoms with Crippen LogP contribution in [0.4, 0.5) is 10.5 Å². The van der Waals surface area contributed by atoms with Crippen LogP contribution >= 0.6 is 0 Å². The maximum Gasteiger partial charge on any atom is 0.410 e. The van der Waals surface area contributed by atoms with E-state index in [9.17, 15) is 14.4 Å². The van der Waals surface area contributed by atoms with Crippen LogP contribution in [0.1, 0.15) is 63.0 Å². The first-order chi connectivity index (χ1) is 18.4. The summed E-state index contributed by atoms with van der Waals surface area (Å²) in [6, 6.07) is 11.0. The highest BCUT2D eigenvalue weighted by Crippen LogP contribution is 2.34. The van der Waals surface area contributed by atoms with Crippen molar-refractivity contribution in [2.45, 2.75) is 66.0 Å². The maximum absolute atomic E-state index is 13.2. The van der Waals surface area contributed by atoms with Crippen molar-refractivity contribution in [3.05, 3.63) is 53.1 Å². The second kappa shape index (κ2) is 12.9. The number of hydrogen-bond acceptors (Lipinski definition) is 6. The van der Waals surface area contributed by atoms with Gasteiger partial charge in [-0.2, -0.15) is 0 Å². The topological polar surface area (TPSA) is 97.4 Å². The fourth-order valence-electron chi connectivity index (χ4n) is 4.72. The molecule has 0 saturated heterocycles. The van der Waals surface area contributed by atoms with E-state index < -0.39 is 11.7 Å². The van der Waals surface area contributed by atoms with Gasteiger partial charge in [-0.25, -0.2) is 4.79 Å². The van der Waals surface area contributed by atoms with Gasteiger partial charge in [0.25, 0.3) is 5.91 Å². The fraction of sp³-hybridized carbons (Fsp3) is 0.500. The Hall–Kier alpha value is -3.75. The molecule has 3 amide bonds. The van der Waals surface area contributed by atoms with Gasteiger partial charge in [-0.3, -0.25) is 9.59 Å². The van der Waals surface area contributed by atoms with E-state index in [1.54, 1.807) is 16.8 Å². The highest BCUT2D eigenvalue weighted by Gasteiger charge is 2.30. The third-order valence-electron chi connectivity index (χ3n) is 6.41. The van der Waals surface area contributed by atoms with Gasteiger partial charge >= 0.3 is 6.09 Å². The lowest BCUT2D eigenvalue weighted by Gasteiger charge is -2.32. The van der Waals surface area contributed by atoms with Gasteiger partial charge in [-0.15, -0.1) is 0 Å². The quantitative estimate of drug-likeness (QED) is 0.474. The van der Waals surface area contributed by atoms with Gasteiger partial charge in [-0.05, 0) is 76.8 Å². The van der Waals surface area contributed by atoms with Crippen LogP contribution in [0.25, 0.3) is 0 Å². The Bertz CT molecular complexity index is 1190. The van der Waals surface area contributed by atoms with Crippen molar-refractivity contribution in [1.82, 2.24) is 10.2 Å². The minimum atomic E-state index is -0.659. The van der Waals surface area contributed by atoms with Crippen molar-refractivity contribution in [3.8, 4) is 11.5 Å². The Labute approximate surface area is 231 Å². The van der Waals surface area contributed by atoms with E-state index in [0.717, 1.165) is 11.1 Å². The molecule has 0 fully saturated rings. The molecule has 0 bridgehead atoms. The fourth-order valence-corrected chi connectivity index (χ4v) is 4.72. The summed E-state index contributed by atoms with van der Waals surface area (Å²) < 4.78 is 17.4. The van der Waals surface area contributed by atoms with Crippen LogP contribution in [0, 0.1) is 0 Å². The number of carbonyl (C=O) groups excluding carboxylic acids is 3. The molecule has 3 rings (SSSR count). The number of anilines is 1. The molecular weight excluding hydrogens is 498 g/mol. The van der Waals surface area contributed by atoms with Gasteiger partial charge in [0.1, 0.15) is 12.2 Å². The number of ether oxygens (including phenoxy) is 3. The molecular formula is C30H41N3O6. The Kier molecular flexibility index (Phi) is 9.83. The smallest absolute Gasteiger partial charge is 0.410 e. The zero-order valence-corrected chi connectivity index (χ0v) is 24.1. The van der Waals surface area contributed by atoms with Gasteiger partial charge in [-0.1, -0.05) is 18.2 Å². The lowest BCUT2D eigenvalue weighted by Crippen LogP contribution is -2.45. The van der Waals surface area contributed by atoms with Crippen molar-refractivity contribution < 1.29 is 28.6 Å². The van der Waals surface area contributed by atoms with E-state index in [4.69, 9.17) is 14.2 Å². The van der Waals surface area contributed by atoms with Crippen LogP contribution in [-0.2, 0) is 22.4 Å². The van der Waals surface area contributed by atoms with E-state index in [2.05, 4.69) is 5.32 Å². The number of hydrogen-bond donors (Lipinski definition) is 1. The number of nitrogens with one attached hydrogen (secondary N) is 1. The number of carbonyl (C=O) groups is 3. The van der Waals surface area contributed by atoms with Crippen molar-refractivity contribution in [1.29, 1.82) is 0 Å². The highest BCUT2D eigenvalue weighted by atomic mass is 16.6. The van der Waals surface area contributed by atoms with Crippen LogP contribution in [0.3, 0.4) is 0 Å². The Morgan fingerprint density at radius 1 is 1.10 bits per heavy atom. The summed E-state index contributed by atoms with van der Waals surface area (Å²) in [5.41, 5.74) is 2.33. The SMILES string of the molecule is CCOc1ccccc1OCCN(C(=O)OC(C)(C)C)C(C)Cc1cc2c(c(C(=O)NC)c1)N(C(C)=O)CC2. The van der Waals surface area contributed by atoms with Crippen molar-refractivity contribution in [2.75, 3.05) is 38.3 Å². The molecule has 2 aromatic carbocycles. The summed E-state index contributed by atoms with van der Waals surface area (Å²) in [6.45, 7) is 12.5. The maximum atomic E-state index is 13.2. The molecule has 1 atom stereocenters. The van der Waals surface area contributed by atoms with E-state index in [-0.39, 0.29) is 24.5 Å². The Morgan fingerprint density at radius 2 is 1.77 bits per heavy atom. The number of amides is 3. The zero-order valence-electron chi connectivity index (χ0n) is 24.1. The molecule has 0 saturated carbocycles. The second-order valence-corrected chi connectivity index (χ2v) is 10.6. The minimum Gasteiger partial charge on any atom is -0.490 e. The average molecular weight is 540 g/mol. The van der Waals surface area contributed by atoms with Crippen LogP contribution in [0.2, 0.25) is 0 Å². The molecule has 9 nitrogen and oxygen atoms in total. The lowest BCUT2D eigenvalue weighted by molar-refractivity contribution is -0.116. The standard InChI is InChI=1S/C30H41N3O6/c1-8-37-25-11-9-10-12-26(25)38-16-15-32(29(36)39-30(4,5)6)20(2)17-22-18-23-13-14-33(21(3)34)27(23)24(19-22)28(35)31-7/h9-12,18-20H,8,13-17H2,1-7H3,(H,31,35). The molecule has 212 valence electrons. The number of fused-ring (bicyclic) bond motifs is 1. The molecule has 39 heavy (non-hydrogen) atoms. The number of para-hydroxylation sites is 2. The first-order valence-corrected chi connectivity index (χ1v) is 13.4. The van der Waals surface area contributed by atoms with E-state index >= 15 is 0 Å². The molecule has 2 aromatic rings. The summed E-state index contributed by atoms with van der Waals surface area (Å²) in [4.78, 5) is 41.5. The average Bonchev–Trinajstić information content (AvgIpc) is 3.30. The second-order valence-electron chi connectivity index (χ2n) is 10.6. The minimum absolute atomic E-state index is 0.0953. The van der Waals surface area contributed by atoms with Crippen LogP contribution in [0.15, 0.2) is 36.4 Å². The number of nitrogens with zero attached hydrogens (tertiary/aromatic N) is 2. The number of benzene rings is 2. The molecule has 0 aliphatic carbocycles. The Morgan fingerprint density at radius 3 is 2.36 bits per heavy atom. The predicted molar refractivity (Wildman–Crippen MR) is 151 cm³/mol.